The maximum atomic E-state index is 11.1. The fourth-order valence-corrected chi connectivity index (χ4v) is 1.64. The first-order chi connectivity index (χ1) is 6.56. The number of carbonyl (C=O) groups is 1. The van der Waals surface area contributed by atoms with E-state index in [1.165, 1.54) is 6.92 Å². The molecular formula is C11H12Cl2O. The number of hydrogen-bond acceptors (Lipinski definition) is 1. The highest BCUT2D eigenvalue weighted by Crippen LogP contribution is 2.26. The van der Waals surface area contributed by atoms with Gasteiger partial charge in [0.15, 0.2) is 5.78 Å². The zero-order chi connectivity index (χ0) is 10.7. The molecule has 0 aliphatic carbocycles. The molecule has 1 aromatic rings. The molecule has 0 saturated carbocycles. The van der Waals surface area contributed by atoms with Crippen molar-refractivity contribution in [1.82, 2.24) is 0 Å². The lowest BCUT2D eigenvalue weighted by atomic mass is 10.0. The molecule has 0 spiro atoms. The standard InChI is InChI=1S/C11H12Cl2O/c1-3-8-6-9(4-5-10(8)12)11(13)7(2)14/h4-6,11H,3H2,1-2H3. The average Bonchev–Trinajstić information content (AvgIpc) is 2.17. The van der Waals surface area contributed by atoms with Crippen LogP contribution in [0.1, 0.15) is 30.4 Å². The quantitative estimate of drug-likeness (QED) is 0.723. The predicted octanol–water partition coefficient (Wildman–Crippen LogP) is 3.77. The lowest BCUT2D eigenvalue weighted by Crippen LogP contribution is -2.02. The van der Waals surface area contributed by atoms with E-state index in [1.54, 1.807) is 12.1 Å². The van der Waals surface area contributed by atoms with Crippen LogP contribution in [-0.4, -0.2) is 5.78 Å². The Morgan fingerprint density at radius 3 is 2.64 bits per heavy atom. The van der Waals surface area contributed by atoms with Crippen molar-refractivity contribution >= 4 is 29.0 Å². The van der Waals surface area contributed by atoms with Crippen molar-refractivity contribution < 1.29 is 4.79 Å². The van der Waals surface area contributed by atoms with E-state index in [0.717, 1.165) is 22.6 Å². The molecule has 1 atom stereocenters. The summed E-state index contributed by atoms with van der Waals surface area (Å²) < 4.78 is 0. The fourth-order valence-electron chi connectivity index (χ4n) is 1.26. The molecule has 0 N–H and O–H groups in total. The number of rotatable bonds is 3. The number of ketones is 1. The number of Topliss-reactive ketones (excluding diaryl/α,β-unsaturated/α-hetero) is 1. The summed E-state index contributed by atoms with van der Waals surface area (Å²) in [7, 11) is 0. The largest absolute Gasteiger partial charge is 0.298 e. The molecule has 0 amide bonds. The number of halogens is 2. The number of carbonyl (C=O) groups excluding carboxylic acids is 1. The maximum absolute atomic E-state index is 11.1. The van der Waals surface area contributed by atoms with E-state index < -0.39 is 5.38 Å². The molecule has 0 radical (unpaired) electrons. The SMILES string of the molecule is CCc1cc(C(Cl)C(C)=O)ccc1Cl. The molecule has 1 aromatic carbocycles. The molecule has 14 heavy (non-hydrogen) atoms. The second-order valence-electron chi connectivity index (χ2n) is 3.18. The third-order valence-corrected chi connectivity index (χ3v) is 3.03. The molecule has 76 valence electrons. The zero-order valence-corrected chi connectivity index (χ0v) is 9.69. The summed E-state index contributed by atoms with van der Waals surface area (Å²) >= 11 is 11.9. The number of hydrogen-bond donors (Lipinski definition) is 0. The second-order valence-corrected chi connectivity index (χ2v) is 4.02. The summed E-state index contributed by atoms with van der Waals surface area (Å²) in [5.41, 5.74) is 1.84. The Morgan fingerprint density at radius 2 is 2.14 bits per heavy atom. The minimum absolute atomic E-state index is 0.0453. The van der Waals surface area contributed by atoms with Crippen LogP contribution in [-0.2, 0) is 11.2 Å². The molecule has 0 aromatic heterocycles. The Kier molecular flexibility index (Phi) is 3.97. The summed E-state index contributed by atoms with van der Waals surface area (Å²) in [4.78, 5) is 11.1. The lowest BCUT2D eigenvalue weighted by Gasteiger charge is -2.08. The fraction of sp³-hybridized carbons (Fsp3) is 0.364. The van der Waals surface area contributed by atoms with E-state index >= 15 is 0 Å². The van der Waals surface area contributed by atoms with Gasteiger partial charge in [0.2, 0.25) is 0 Å². The van der Waals surface area contributed by atoms with Crippen molar-refractivity contribution in [2.45, 2.75) is 25.6 Å². The van der Waals surface area contributed by atoms with Gasteiger partial charge in [-0.2, -0.15) is 0 Å². The highest BCUT2D eigenvalue weighted by atomic mass is 35.5. The summed E-state index contributed by atoms with van der Waals surface area (Å²) in [6.07, 6.45) is 0.841. The van der Waals surface area contributed by atoms with Crippen LogP contribution in [0.2, 0.25) is 5.02 Å². The zero-order valence-electron chi connectivity index (χ0n) is 8.18. The molecule has 0 bridgehead atoms. The van der Waals surface area contributed by atoms with Gasteiger partial charge in [-0.1, -0.05) is 30.7 Å². The number of alkyl halides is 1. The van der Waals surface area contributed by atoms with Gasteiger partial charge in [-0.05, 0) is 30.5 Å². The smallest absolute Gasteiger partial charge is 0.152 e. The van der Waals surface area contributed by atoms with Gasteiger partial charge in [-0.3, -0.25) is 4.79 Å². The van der Waals surface area contributed by atoms with Crippen molar-refractivity contribution in [3.63, 3.8) is 0 Å². The van der Waals surface area contributed by atoms with Gasteiger partial charge in [0.1, 0.15) is 5.38 Å². The average molecular weight is 231 g/mol. The van der Waals surface area contributed by atoms with Crippen LogP contribution < -0.4 is 0 Å². The first kappa shape index (κ1) is 11.5. The van der Waals surface area contributed by atoms with E-state index in [0.29, 0.717) is 0 Å². The van der Waals surface area contributed by atoms with Crippen molar-refractivity contribution in [2.75, 3.05) is 0 Å². The molecule has 0 aliphatic heterocycles. The Morgan fingerprint density at radius 1 is 1.50 bits per heavy atom. The Hall–Kier alpha value is -0.530. The third kappa shape index (κ3) is 2.49. The molecule has 1 nitrogen and oxygen atoms in total. The van der Waals surface area contributed by atoms with Crippen molar-refractivity contribution in [3.05, 3.63) is 34.3 Å². The maximum Gasteiger partial charge on any atom is 0.152 e. The Bertz CT molecular complexity index is 347. The molecule has 0 saturated heterocycles. The van der Waals surface area contributed by atoms with Crippen LogP contribution in [0.25, 0.3) is 0 Å². The van der Waals surface area contributed by atoms with E-state index in [1.807, 2.05) is 13.0 Å². The van der Waals surface area contributed by atoms with E-state index in [-0.39, 0.29) is 5.78 Å². The number of aryl methyl sites for hydroxylation is 1. The highest BCUT2D eigenvalue weighted by Gasteiger charge is 2.13. The molecule has 1 unspecified atom stereocenters. The topological polar surface area (TPSA) is 17.1 Å². The van der Waals surface area contributed by atoms with E-state index in [2.05, 4.69) is 0 Å². The van der Waals surface area contributed by atoms with Gasteiger partial charge in [0.05, 0.1) is 0 Å². The van der Waals surface area contributed by atoms with Gasteiger partial charge in [-0.15, -0.1) is 11.6 Å². The van der Waals surface area contributed by atoms with Crippen LogP contribution in [0.15, 0.2) is 18.2 Å². The second kappa shape index (κ2) is 4.81. The number of benzene rings is 1. The lowest BCUT2D eigenvalue weighted by molar-refractivity contribution is -0.116. The van der Waals surface area contributed by atoms with Crippen LogP contribution in [0.4, 0.5) is 0 Å². The minimum Gasteiger partial charge on any atom is -0.298 e. The first-order valence-electron chi connectivity index (χ1n) is 4.49. The van der Waals surface area contributed by atoms with Gasteiger partial charge in [0, 0.05) is 5.02 Å². The van der Waals surface area contributed by atoms with Gasteiger partial charge in [0.25, 0.3) is 0 Å². The summed E-state index contributed by atoms with van der Waals surface area (Å²) in [5, 5.41) is 0.168. The van der Waals surface area contributed by atoms with Crippen LogP contribution in [0.5, 0.6) is 0 Å². The molecule has 0 heterocycles. The van der Waals surface area contributed by atoms with Gasteiger partial charge >= 0.3 is 0 Å². The van der Waals surface area contributed by atoms with E-state index in [4.69, 9.17) is 23.2 Å². The first-order valence-corrected chi connectivity index (χ1v) is 5.30. The van der Waals surface area contributed by atoms with Crippen LogP contribution >= 0.6 is 23.2 Å². The van der Waals surface area contributed by atoms with Crippen molar-refractivity contribution in [1.29, 1.82) is 0 Å². The van der Waals surface area contributed by atoms with E-state index in [9.17, 15) is 4.79 Å². The van der Waals surface area contributed by atoms with Gasteiger partial charge < -0.3 is 0 Å². The normalized spacial score (nSPS) is 12.6. The summed E-state index contributed by atoms with van der Waals surface area (Å²) in [5.74, 6) is -0.0453. The van der Waals surface area contributed by atoms with Gasteiger partial charge in [-0.25, -0.2) is 0 Å². The molecule has 0 aliphatic rings. The molecular weight excluding hydrogens is 219 g/mol. The predicted molar refractivity (Wildman–Crippen MR) is 60.1 cm³/mol. The molecule has 1 rings (SSSR count). The minimum atomic E-state index is -0.558. The molecule has 3 heteroatoms. The summed E-state index contributed by atoms with van der Waals surface area (Å²) in [6.45, 7) is 3.50. The monoisotopic (exact) mass is 230 g/mol. The highest BCUT2D eigenvalue weighted by molar-refractivity contribution is 6.32. The Labute approximate surface area is 94.0 Å². The summed E-state index contributed by atoms with van der Waals surface area (Å²) in [6, 6.07) is 5.47. The van der Waals surface area contributed by atoms with Crippen molar-refractivity contribution in [3.8, 4) is 0 Å². The Balaban J connectivity index is 3.06. The van der Waals surface area contributed by atoms with Crippen LogP contribution in [0.3, 0.4) is 0 Å². The molecule has 0 fully saturated rings. The van der Waals surface area contributed by atoms with Crippen molar-refractivity contribution in [2.24, 2.45) is 0 Å². The third-order valence-electron chi connectivity index (χ3n) is 2.10. The van der Waals surface area contributed by atoms with Crippen LogP contribution in [0, 0.1) is 0 Å².